The molecule has 1 amide bonds. The summed E-state index contributed by atoms with van der Waals surface area (Å²) in [4.78, 5) is 16.3. The molecule has 31 heavy (non-hydrogen) atoms. The van der Waals surface area contributed by atoms with Gasteiger partial charge >= 0.3 is 6.09 Å². The summed E-state index contributed by atoms with van der Waals surface area (Å²) in [6, 6.07) is -0.271. The molecule has 3 N–H and O–H groups in total. The Bertz CT molecular complexity index is 782. The van der Waals surface area contributed by atoms with Gasteiger partial charge in [-0.25, -0.2) is 4.79 Å². The van der Waals surface area contributed by atoms with Crippen molar-refractivity contribution in [2.24, 2.45) is 23.0 Å². The number of nitrogens with zero attached hydrogens (tertiary/aromatic N) is 2. The quantitative estimate of drug-likeness (QED) is 0.438. The highest BCUT2D eigenvalue weighted by atomic mass is 16.6. The van der Waals surface area contributed by atoms with E-state index in [1.54, 1.807) is 5.57 Å². The third kappa shape index (κ3) is 6.79. The molecule has 4 atom stereocenters. The van der Waals surface area contributed by atoms with Crippen LogP contribution < -0.4 is 11.1 Å². The summed E-state index contributed by atoms with van der Waals surface area (Å²) < 4.78 is 10.7. The Morgan fingerprint density at radius 1 is 1.39 bits per heavy atom. The summed E-state index contributed by atoms with van der Waals surface area (Å²) in [5, 5.41) is 7.03. The predicted molar refractivity (Wildman–Crippen MR) is 120 cm³/mol. The van der Waals surface area contributed by atoms with Gasteiger partial charge in [-0.15, -0.1) is 0 Å². The van der Waals surface area contributed by atoms with Crippen LogP contribution in [0.4, 0.5) is 4.79 Å². The van der Waals surface area contributed by atoms with Gasteiger partial charge in [-0.3, -0.25) is 0 Å². The molecule has 4 unspecified atom stereocenters. The first-order valence-electron chi connectivity index (χ1n) is 11.8. The number of hydrogen-bond acceptors (Lipinski definition) is 6. The van der Waals surface area contributed by atoms with Crippen molar-refractivity contribution < 1.29 is 14.1 Å². The largest absolute Gasteiger partial charge is 0.444 e. The second kappa shape index (κ2) is 9.72. The number of unbranched alkanes of at least 4 members (excludes halogenated alkanes) is 1. The van der Waals surface area contributed by atoms with Crippen LogP contribution in [0.5, 0.6) is 0 Å². The number of fused-ring (bicyclic) bond motifs is 2. The fourth-order valence-electron chi connectivity index (χ4n) is 5.21. The lowest BCUT2D eigenvalue weighted by Crippen LogP contribution is -2.37. The van der Waals surface area contributed by atoms with Crippen LogP contribution in [-0.2, 0) is 11.2 Å². The van der Waals surface area contributed by atoms with E-state index in [1.165, 1.54) is 19.3 Å². The Labute approximate surface area is 186 Å². The first-order chi connectivity index (χ1) is 14.6. The lowest BCUT2D eigenvalue weighted by atomic mass is 9.58. The summed E-state index contributed by atoms with van der Waals surface area (Å²) in [5.74, 6) is 2.76. The Kier molecular flexibility index (Phi) is 7.45. The van der Waals surface area contributed by atoms with Gasteiger partial charge < -0.3 is 20.3 Å². The van der Waals surface area contributed by atoms with E-state index in [2.05, 4.69) is 35.4 Å². The van der Waals surface area contributed by atoms with Crippen molar-refractivity contribution in [3.05, 3.63) is 23.4 Å². The zero-order valence-electron chi connectivity index (χ0n) is 19.9. The van der Waals surface area contributed by atoms with Gasteiger partial charge in [-0.05, 0) is 89.9 Å². The molecule has 3 rings (SSSR count). The van der Waals surface area contributed by atoms with Crippen LogP contribution in [0.15, 0.2) is 16.2 Å². The van der Waals surface area contributed by atoms with Crippen molar-refractivity contribution in [3.63, 3.8) is 0 Å². The number of carbonyl (C=O) groups excluding carboxylic acids is 1. The number of allylic oxidation sites excluding steroid dienone is 2. The summed E-state index contributed by atoms with van der Waals surface area (Å²) in [6.45, 7) is 10.8. The Balaban J connectivity index is 1.44. The minimum atomic E-state index is -0.481. The van der Waals surface area contributed by atoms with Gasteiger partial charge in [0, 0.05) is 13.0 Å². The first kappa shape index (κ1) is 23.8. The van der Waals surface area contributed by atoms with Crippen molar-refractivity contribution in [1.82, 2.24) is 15.5 Å². The van der Waals surface area contributed by atoms with Crippen molar-refractivity contribution >= 4 is 6.09 Å². The van der Waals surface area contributed by atoms with Gasteiger partial charge in [0.25, 0.3) is 0 Å². The van der Waals surface area contributed by atoms with Gasteiger partial charge in [-0.2, -0.15) is 4.98 Å². The molecule has 0 radical (unpaired) electrons. The highest BCUT2D eigenvalue weighted by Crippen LogP contribution is 2.51. The van der Waals surface area contributed by atoms with Crippen LogP contribution in [-0.4, -0.2) is 28.4 Å². The summed E-state index contributed by atoms with van der Waals surface area (Å²) >= 11 is 0. The van der Waals surface area contributed by atoms with Gasteiger partial charge in [0.1, 0.15) is 5.60 Å². The molecule has 7 nitrogen and oxygen atoms in total. The maximum absolute atomic E-state index is 11.7. The fourth-order valence-corrected chi connectivity index (χ4v) is 5.21. The topological polar surface area (TPSA) is 103 Å². The van der Waals surface area contributed by atoms with Crippen molar-refractivity contribution in [2.75, 3.05) is 6.54 Å². The Hall–Kier alpha value is -1.89. The maximum atomic E-state index is 11.7. The molecule has 174 valence electrons. The first-order valence-corrected chi connectivity index (χ1v) is 11.8. The molecule has 1 saturated carbocycles. The summed E-state index contributed by atoms with van der Waals surface area (Å²) in [7, 11) is 0. The Morgan fingerprint density at radius 3 is 2.90 bits per heavy atom. The number of aromatic nitrogens is 2. The number of alkyl carbamates (subject to hydrolysis) is 1. The number of carbonyl (C=O) groups is 1. The van der Waals surface area contributed by atoms with E-state index >= 15 is 0 Å². The minimum Gasteiger partial charge on any atom is -0.444 e. The monoisotopic (exact) mass is 432 g/mol. The lowest BCUT2D eigenvalue weighted by Gasteiger charge is -2.46. The van der Waals surface area contributed by atoms with Crippen molar-refractivity contribution in [1.29, 1.82) is 0 Å². The average molecular weight is 433 g/mol. The number of rotatable bonds is 8. The highest BCUT2D eigenvalue weighted by Gasteiger charge is 2.42. The maximum Gasteiger partial charge on any atom is 0.407 e. The summed E-state index contributed by atoms with van der Waals surface area (Å²) in [5.41, 5.74) is 7.63. The van der Waals surface area contributed by atoms with E-state index in [4.69, 9.17) is 15.0 Å². The SMILES string of the molecule is CC1=CCC2(Cc3noc(C(N)CCCCNC(=O)OC(C)(C)C)n3)CC(C)CC1C2. The molecular formula is C24H40N4O3. The van der Waals surface area contributed by atoms with Crippen LogP contribution >= 0.6 is 0 Å². The van der Waals surface area contributed by atoms with E-state index < -0.39 is 5.60 Å². The van der Waals surface area contributed by atoms with Crippen molar-refractivity contribution in [3.8, 4) is 0 Å². The zero-order chi connectivity index (χ0) is 22.6. The number of hydrogen-bond donors (Lipinski definition) is 2. The molecule has 1 fully saturated rings. The van der Waals surface area contributed by atoms with Crippen LogP contribution in [0, 0.1) is 17.3 Å². The average Bonchev–Trinajstić information content (AvgIpc) is 3.11. The van der Waals surface area contributed by atoms with Crippen LogP contribution in [0.1, 0.15) is 97.3 Å². The number of nitrogens with one attached hydrogen (secondary N) is 1. The number of nitrogens with two attached hydrogens (primary N) is 1. The van der Waals surface area contributed by atoms with E-state index in [0.29, 0.717) is 18.4 Å². The molecule has 1 aromatic heterocycles. The molecule has 0 aliphatic heterocycles. The Morgan fingerprint density at radius 2 is 2.16 bits per heavy atom. The van der Waals surface area contributed by atoms with Gasteiger partial charge in [0.05, 0.1) is 6.04 Å². The predicted octanol–water partition coefficient (Wildman–Crippen LogP) is 5.08. The second-order valence-corrected chi connectivity index (χ2v) is 10.9. The molecule has 0 saturated heterocycles. The molecule has 1 heterocycles. The standard InChI is InChI=1S/C24H40N4O3/c1-16-12-18-14-24(13-16,10-9-17(18)2)15-20-27-21(31-28-20)19(25)8-6-7-11-26-22(29)30-23(3,4)5/h9,16,18-19H,6-8,10-15,25H2,1-5H3,(H,26,29). The highest BCUT2D eigenvalue weighted by molar-refractivity contribution is 5.67. The third-order valence-corrected chi connectivity index (χ3v) is 6.59. The number of ether oxygens (including phenoxy) is 1. The smallest absolute Gasteiger partial charge is 0.407 e. The van der Waals surface area contributed by atoms with Gasteiger partial charge in [-0.1, -0.05) is 23.7 Å². The van der Waals surface area contributed by atoms with Crippen LogP contribution in [0.2, 0.25) is 0 Å². The lowest BCUT2D eigenvalue weighted by molar-refractivity contribution is 0.0527. The van der Waals surface area contributed by atoms with E-state index in [0.717, 1.165) is 43.8 Å². The van der Waals surface area contributed by atoms with E-state index in [9.17, 15) is 4.79 Å². The normalized spacial score (nSPS) is 26.8. The van der Waals surface area contributed by atoms with Gasteiger partial charge in [0.2, 0.25) is 5.89 Å². The molecule has 1 aromatic rings. The van der Waals surface area contributed by atoms with E-state index in [1.807, 2.05) is 20.8 Å². The zero-order valence-corrected chi connectivity index (χ0v) is 19.9. The van der Waals surface area contributed by atoms with E-state index in [-0.39, 0.29) is 17.6 Å². The molecule has 0 aromatic carbocycles. The van der Waals surface area contributed by atoms with Crippen LogP contribution in [0.25, 0.3) is 0 Å². The van der Waals surface area contributed by atoms with Crippen LogP contribution in [0.3, 0.4) is 0 Å². The third-order valence-electron chi connectivity index (χ3n) is 6.59. The molecule has 2 aliphatic rings. The molecule has 0 spiro atoms. The molecule has 7 heteroatoms. The molecular weight excluding hydrogens is 392 g/mol. The second-order valence-electron chi connectivity index (χ2n) is 10.9. The molecule has 2 bridgehead atoms. The van der Waals surface area contributed by atoms with Gasteiger partial charge in [0.15, 0.2) is 5.82 Å². The minimum absolute atomic E-state index is 0.264. The fraction of sp³-hybridized carbons (Fsp3) is 0.792. The summed E-state index contributed by atoms with van der Waals surface area (Å²) in [6.07, 6.45) is 10.2. The molecule has 2 aliphatic carbocycles. The van der Waals surface area contributed by atoms with Crippen molar-refractivity contribution in [2.45, 2.75) is 97.6 Å². The number of amides is 1.